The van der Waals surface area contributed by atoms with E-state index in [1.165, 1.54) is 4.31 Å². The molecule has 84 valence electrons. The van der Waals surface area contributed by atoms with E-state index in [1.807, 2.05) is 19.9 Å². The highest BCUT2D eigenvalue weighted by atomic mass is 32.2. The van der Waals surface area contributed by atoms with Crippen molar-refractivity contribution in [3.63, 3.8) is 0 Å². The molecule has 1 rings (SSSR count). The molecule has 0 heterocycles. The van der Waals surface area contributed by atoms with Crippen molar-refractivity contribution in [3.8, 4) is 0 Å². The first-order chi connectivity index (χ1) is 6.91. The van der Waals surface area contributed by atoms with Gasteiger partial charge in [-0.05, 0) is 18.1 Å². The first kappa shape index (κ1) is 12.0. The molecule has 2 N–H and O–H groups in total. The SMILES string of the molecule is CC(C)CN(c1ccccc1)S(N)(=O)=O. The van der Waals surface area contributed by atoms with Gasteiger partial charge in [-0.1, -0.05) is 32.0 Å². The van der Waals surface area contributed by atoms with Crippen LogP contribution in [0.2, 0.25) is 0 Å². The van der Waals surface area contributed by atoms with E-state index in [9.17, 15) is 8.42 Å². The van der Waals surface area contributed by atoms with E-state index in [2.05, 4.69) is 0 Å². The lowest BCUT2D eigenvalue weighted by Crippen LogP contribution is -2.39. The van der Waals surface area contributed by atoms with Crippen LogP contribution in [0.1, 0.15) is 13.8 Å². The summed E-state index contributed by atoms with van der Waals surface area (Å²) in [5.41, 5.74) is 0.605. The fraction of sp³-hybridized carbons (Fsp3) is 0.400. The van der Waals surface area contributed by atoms with Crippen molar-refractivity contribution in [2.45, 2.75) is 13.8 Å². The van der Waals surface area contributed by atoms with E-state index in [0.717, 1.165) is 0 Å². The average molecular weight is 228 g/mol. The van der Waals surface area contributed by atoms with Crippen molar-refractivity contribution >= 4 is 15.9 Å². The zero-order chi connectivity index (χ0) is 11.5. The second kappa shape index (κ2) is 4.63. The van der Waals surface area contributed by atoms with E-state index in [-0.39, 0.29) is 5.92 Å². The van der Waals surface area contributed by atoms with E-state index >= 15 is 0 Å². The molecule has 0 bridgehead atoms. The Morgan fingerprint density at radius 3 is 2.20 bits per heavy atom. The van der Waals surface area contributed by atoms with Crippen molar-refractivity contribution in [2.75, 3.05) is 10.8 Å². The lowest BCUT2D eigenvalue weighted by Gasteiger charge is -2.23. The Bertz CT molecular complexity index is 401. The van der Waals surface area contributed by atoms with Crippen LogP contribution in [-0.4, -0.2) is 15.0 Å². The third-order valence-corrected chi connectivity index (χ3v) is 2.86. The number of nitrogens with zero attached hydrogens (tertiary/aromatic N) is 1. The molecule has 0 spiro atoms. The summed E-state index contributed by atoms with van der Waals surface area (Å²) in [5.74, 6) is 0.225. The predicted molar refractivity (Wildman–Crippen MR) is 61.7 cm³/mol. The Labute approximate surface area is 90.9 Å². The highest BCUT2D eigenvalue weighted by molar-refractivity contribution is 7.90. The Morgan fingerprint density at radius 1 is 1.27 bits per heavy atom. The van der Waals surface area contributed by atoms with Gasteiger partial charge in [-0.3, -0.25) is 4.31 Å². The quantitative estimate of drug-likeness (QED) is 0.845. The molecule has 1 aromatic carbocycles. The number of nitrogens with two attached hydrogens (primary N) is 1. The zero-order valence-corrected chi connectivity index (χ0v) is 9.74. The van der Waals surface area contributed by atoms with Crippen molar-refractivity contribution < 1.29 is 8.42 Å². The monoisotopic (exact) mass is 228 g/mol. The molecular formula is C10H16N2O2S. The van der Waals surface area contributed by atoms with Crippen LogP contribution in [0, 0.1) is 5.92 Å². The smallest absolute Gasteiger partial charge is 0.258 e. The van der Waals surface area contributed by atoms with Crippen molar-refractivity contribution in [1.29, 1.82) is 0 Å². The van der Waals surface area contributed by atoms with E-state index < -0.39 is 10.2 Å². The molecule has 0 aliphatic carbocycles. The summed E-state index contributed by atoms with van der Waals surface area (Å²) in [6.45, 7) is 4.28. The van der Waals surface area contributed by atoms with Crippen molar-refractivity contribution in [3.05, 3.63) is 30.3 Å². The molecule has 0 radical (unpaired) electrons. The molecule has 15 heavy (non-hydrogen) atoms. The molecule has 5 heteroatoms. The molecule has 0 aliphatic rings. The summed E-state index contributed by atoms with van der Waals surface area (Å²) in [6.07, 6.45) is 0. The molecular weight excluding hydrogens is 212 g/mol. The van der Waals surface area contributed by atoms with Crippen LogP contribution in [0.3, 0.4) is 0 Å². The van der Waals surface area contributed by atoms with Gasteiger partial charge in [0.15, 0.2) is 0 Å². The van der Waals surface area contributed by atoms with Gasteiger partial charge in [0.25, 0.3) is 10.2 Å². The maximum Gasteiger partial charge on any atom is 0.299 e. The van der Waals surface area contributed by atoms with E-state index in [1.54, 1.807) is 24.3 Å². The highest BCUT2D eigenvalue weighted by Crippen LogP contribution is 2.16. The van der Waals surface area contributed by atoms with E-state index in [4.69, 9.17) is 5.14 Å². The molecule has 0 saturated heterocycles. The van der Waals surface area contributed by atoms with Gasteiger partial charge in [0.05, 0.1) is 5.69 Å². The van der Waals surface area contributed by atoms with Crippen LogP contribution in [0.4, 0.5) is 5.69 Å². The minimum absolute atomic E-state index is 0.225. The highest BCUT2D eigenvalue weighted by Gasteiger charge is 2.18. The molecule has 0 aromatic heterocycles. The average Bonchev–Trinajstić information content (AvgIpc) is 2.14. The van der Waals surface area contributed by atoms with Crippen LogP contribution in [0.15, 0.2) is 30.3 Å². The Balaban J connectivity index is 3.03. The number of benzene rings is 1. The normalized spacial score (nSPS) is 11.7. The minimum atomic E-state index is -3.68. The molecule has 0 amide bonds. The second-order valence-electron chi connectivity index (χ2n) is 3.81. The fourth-order valence-electron chi connectivity index (χ4n) is 1.28. The number of hydrogen-bond donors (Lipinski definition) is 1. The minimum Gasteiger partial charge on any atom is -0.258 e. The Morgan fingerprint density at radius 2 is 1.80 bits per heavy atom. The van der Waals surface area contributed by atoms with Gasteiger partial charge in [0.1, 0.15) is 0 Å². The van der Waals surface area contributed by atoms with E-state index in [0.29, 0.717) is 12.2 Å². The number of rotatable bonds is 4. The van der Waals surface area contributed by atoms with Gasteiger partial charge in [-0.15, -0.1) is 0 Å². The summed E-state index contributed by atoms with van der Waals surface area (Å²) < 4.78 is 24.0. The largest absolute Gasteiger partial charge is 0.299 e. The predicted octanol–water partition coefficient (Wildman–Crippen LogP) is 1.35. The van der Waals surface area contributed by atoms with Crippen LogP contribution in [-0.2, 0) is 10.2 Å². The van der Waals surface area contributed by atoms with Gasteiger partial charge in [-0.2, -0.15) is 8.42 Å². The number of hydrogen-bond acceptors (Lipinski definition) is 2. The molecule has 0 aliphatic heterocycles. The van der Waals surface area contributed by atoms with Crippen LogP contribution in [0.25, 0.3) is 0 Å². The molecule has 0 fully saturated rings. The Hall–Kier alpha value is -1.07. The maximum atomic E-state index is 11.4. The van der Waals surface area contributed by atoms with Crippen LogP contribution >= 0.6 is 0 Å². The molecule has 0 saturated carbocycles. The van der Waals surface area contributed by atoms with Gasteiger partial charge in [0.2, 0.25) is 0 Å². The lowest BCUT2D eigenvalue weighted by atomic mass is 10.2. The third kappa shape index (κ3) is 3.53. The first-order valence-corrected chi connectivity index (χ1v) is 6.27. The summed E-state index contributed by atoms with van der Waals surface area (Å²) in [4.78, 5) is 0. The van der Waals surface area contributed by atoms with Gasteiger partial charge in [0, 0.05) is 6.54 Å². The topological polar surface area (TPSA) is 63.4 Å². The van der Waals surface area contributed by atoms with Gasteiger partial charge >= 0.3 is 0 Å². The van der Waals surface area contributed by atoms with Gasteiger partial charge in [-0.25, -0.2) is 5.14 Å². The van der Waals surface area contributed by atoms with Crippen molar-refractivity contribution in [1.82, 2.24) is 0 Å². The van der Waals surface area contributed by atoms with Crippen LogP contribution in [0.5, 0.6) is 0 Å². The standard InChI is InChI=1S/C10H16N2O2S/c1-9(2)8-12(15(11,13)14)10-6-4-3-5-7-10/h3-7,9H,8H2,1-2H3,(H2,11,13,14). The lowest BCUT2D eigenvalue weighted by molar-refractivity contribution is 0.579. The third-order valence-electron chi connectivity index (χ3n) is 1.88. The molecule has 1 aromatic rings. The summed E-state index contributed by atoms with van der Waals surface area (Å²) >= 11 is 0. The number of anilines is 1. The summed E-state index contributed by atoms with van der Waals surface area (Å²) in [5, 5.41) is 5.16. The fourth-order valence-corrected chi connectivity index (χ4v) is 2.20. The summed E-state index contributed by atoms with van der Waals surface area (Å²) in [7, 11) is -3.68. The Kier molecular flexibility index (Phi) is 3.71. The second-order valence-corrected chi connectivity index (χ2v) is 5.28. The van der Waals surface area contributed by atoms with Gasteiger partial charge < -0.3 is 0 Å². The van der Waals surface area contributed by atoms with Crippen molar-refractivity contribution in [2.24, 2.45) is 11.1 Å². The summed E-state index contributed by atoms with van der Waals surface area (Å²) in [6, 6.07) is 8.86. The maximum absolute atomic E-state index is 11.4. The molecule has 4 nitrogen and oxygen atoms in total. The number of para-hydroxylation sites is 1. The molecule has 0 unspecified atom stereocenters. The first-order valence-electron chi connectivity index (χ1n) is 4.77. The zero-order valence-electron chi connectivity index (χ0n) is 8.92. The molecule has 0 atom stereocenters. The van der Waals surface area contributed by atoms with Crippen LogP contribution < -0.4 is 9.44 Å².